The van der Waals surface area contributed by atoms with E-state index in [4.69, 9.17) is 4.52 Å². The van der Waals surface area contributed by atoms with Crippen molar-refractivity contribution < 1.29 is 14.4 Å². The van der Waals surface area contributed by atoms with Gasteiger partial charge in [0.1, 0.15) is 0 Å². The third kappa shape index (κ3) is 2.99. The fraction of sp³-hybridized carbons (Fsp3) is 0.360. The van der Waals surface area contributed by atoms with Gasteiger partial charge in [0.2, 0.25) is 0 Å². The van der Waals surface area contributed by atoms with E-state index in [1.165, 1.54) is 0 Å². The number of aromatic nitrogens is 3. The van der Waals surface area contributed by atoms with Crippen LogP contribution >= 0.6 is 0 Å². The summed E-state index contributed by atoms with van der Waals surface area (Å²) in [5, 5.41) is 16.7. The third-order valence-electron chi connectivity index (χ3n) is 6.95. The maximum absolute atomic E-state index is 13.7. The lowest BCUT2D eigenvalue weighted by Crippen LogP contribution is -2.31. The number of aliphatic hydroxyl groups excluding tert-OH is 1. The van der Waals surface area contributed by atoms with Crippen molar-refractivity contribution in [2.75, 3.05) is 13.1 Å². The number of benzene rings is 1. The molecule has 0 saturated carbocycles. The zero-order valence-corrected chi connectivity index (χ0v) is 17.9. The van der Waals surface area contributed by atoms with E-state index in [1.54, 1.807) is 4.90 Å². The molecular weight excluding hydrogens is 404 g/mol. The summed E-state index contributed by atoms with van der Waals surface area (Å²) in [6.07, 6.45) is 4.62. The van der Waals surface area contributed by atoms with E-state index in [0.29, 0.717) is 41.9 Å². The number of rotatable bonds is 3. The van der Waals surface area contributed by atoms with Crippen molar-refractivity contribution in [3.05, 3.63) is 64.6 Å². The number of carbonyl (C=O) groups excluding carboxylic acids is 1. The van der Waals surface area contributed by atoms with Gasteiger partial charge in [-0.2, -0.15) is 0 Å². The first-order valence-electron chi connectivity index (χ1n) is 11.2. The highest BCUT2D eigenvalue weighted by atomic mass is 16.5. The maximum atomic E-state index is 13.7. The minimum atomic E-state index is -0.570. The summed E-state index contributed by atoms with van der Waals surface area (Å²) in [6.45, 7) is 2.69. The van der Waals surface area contributed by atoms with Gasteiger partial charge >= 0.3 is 0 Å². The summed E-state index contributed by atoms with van der Waals surface area (Å²) >= 11 is 0. The molecule has 1 saturated heterocycles. The van der Waals surface area contributed by atoms with Crippen LogP contribution in [0.15, 0.2) is 41.1 Å². The van der Waals surface area contributed by atoms with Crippen molar-refractivity contribution in [1.82, 2.24) is 20.0 Å². The molecule has 4 aromatic rings. The second kappa shape index (κ2) is 7.38. The summed E-state index contributed by atoms with van der Waals surface area (Å²) in [4.78, 5) is 24.6. The molecule has 2 aliphatic rings. The smallest absolute Gasteiger partial charge is 0.259 e. The second-order valence-electron chi connectivity index (χ2n) is 8.94. The first-order chi connectivity index (χ1) is 15.6. The molecule has 1 fully saturated rings. The molecule has 1 aliphatic carbocycles. The number of pyridine rings is 2. The van der Waals surface area contributed by atoms with Gasteiger partial charge in [-0.3, -0.25) is 9.78 Å². The second-order valence-corrected chi connectivity index (χ2v) is 8.94. The summed E-state index contributed by atoms with van der Waals surface area (Å²) in [6, 6.07) is 10.1. The van der Waals surface area contributed by atoms with Crippen molar-refractivity contribution in [2.45, 2.75) is 38.7 Å². The van der Waals surface area contributed by atoms with Crippen LogP contribution < -0.4 is 0 Å². The molecule has 7 nitrogen and oxygen atoms in total. The van der Waals surface area contributed by atoms with E-state index < -0.39 is 6.10 Å². The average molecular weight is 428 g/mol. The molecule has 4 heterocycles. The van der Waals surface area contributed by atoms with Crippen molar-refractivity contribution >= 4 is 27.9 Å². The average Bonchev–Trinajstić information content (AvgIpc) is 3.52. The standard InChI is InChI=1S/C25H24N4O3/c1-14-22-23(18-6-4-8-20(18)27-24(22)32-28-14)25(31)29-12-16(21(30)13-29)11-15-9-10-26-19-7-3-2-5-17(15)19/h2-3,5,7,9-10,16,21,30H,4,6,8,11-13H2,1H3/t16-,21+/m1/s1. The Hall–Kier alpha value is -3.32. The van der Waals surface area contributed by atoms with Gasteiger partial charge in [-0.1, -0.05) is 23.4 Å². The number of nitrogens with zero attached hydrogens (tertiary/aromatic N) is 4. The molecule has 6 rings (SSSR count). The molecule has 0 bridgehead atoms. The molecular formula is C25H24N4O3. The van der Waals surface area contributed by atoms with E-state index in [1.807, 2.05) is 37.4 Å². The molecule has 0 radical (unpaired) electrons. The van der Waals surface area contributed by atoms with Gasteiger partial charge in [-0.25, -0.2) is 4.98 Å². The number of hydrogen-bond donors (Lipinski definition) is 1. The quantitative estimate of drug-likeness (QED) is 0.539. The number of likely N-dealkylation sites (tertiary alicyclic amines) is 1. The summed E-state index contributed by atoms with van der Waals surface area (Å²) in [5.41, 5.74) is 5.85. The highest BCUT2D eigenvalue weighted by molar-refractivity contribution is 6.07. The van der Waals surface area contributed by atoms with E-state index >= 15 is 0 Å². The van der Waals surface area contributed by atoms with Gasteiger partial charge in [-0.15, -0.1) is 0 Å². The first kappa shape index (κ1) is 19.4. The van der Waals surface area contributed by atoms with Gasteiger partial charge in [-0.05, 0) is 55.9 Å². The first-order valence-corrected chi connectivity index (χ1v) is 11.2. The number of para-hydroxylation sites is 1. The van der Waals surface area contributed by atoms with Crippen LogP contribution in [-0.2, 0) is 19.3 Å². The number of aryl methyl sites for hydroxylation is 2. The van der Waals surface area contributed by atoms with Gasteiger partial charge in [0.25, 0.3) is 11.6 Å². The fourth-order valence-corrected chi connectivity index (χ4v) is 5.35. The summed E-state index contributed by atoms with van der Waals surface area (Å²) < 4.78 is 5.40. The topological polar surface area (TPSA) is 92.4 Å². The number of carbonyl (C=O) groups is 1. The lowest BCUT2D eigenvalue weighted by Gasteiger charge is -2.19. The molecule has 1 aromatic carbocycles. The Morgan fingerprint density at radius 3 is 3.00 bits per heavy atom. The lowest BCUT2D eigenvalue weighted by atomic mass is 9.94. The molecule has 2 atom stereocenters. The van der Waals surface area contributed by atoms with Gasteiger partial charge in [0.05, 0.1) is 28.3 Å². The number of β-amino-alcohol motifs (C(OH)–C–C–N with tert-alkyl or cyclic N) is 1. The Bertz CT molecular complexity index is 1360. The molecule has 7 heteroatoms. The number of amides is 1. The molecule has 0 unspecified atom stereocenters. The molecule has 1 amide bonds. The number of fused-ring (bicyclic) bond motifs is 3. The van der Waals surface area contributed by atoms with Crippen LogP contribution in [0.5, 0.6) is 0 Å². The third-order valence-corrected chi connectivity index (χ3v) is 6.95. The highest BCUT2D eigenvalue weighted by Crippen LogP contribution is 2.34. The van der Waals surface area contributed by atoms with Crippen molar-refractivity contribution in [3.63, 3.8) is 0 Å². The van der Waals surface area contributed by atoms with Crippen LogP contribution in [0.4, 0.5) is 0 Å². The Morgan fingerprint density at radius 2 is 2.09 bits per heavy atom. The largest absolute Gasteiger partial charge is 0.391 e. The van der Waals surface area contributed by atoms with Gasteiger partial charge in [0, 0.05) is 36.3 Å². The van der Waals surface area contributed by atoms with E-state index in [2.05, 4.69) is 21.2 Å². The SMILES string of the molecule is Cc1noc2nc3c(c(C(=O)N4C[C@@H](Cc5ccnc6ccccc56)[C@@H](O)C4)c12)CCC3. The minimum Gasteiger partial charge on any atom is -0.391 e. The minimum absolute atomic E-state index is 0.0290. The van der Waals surface area contributed by atoms with Crippen LogP contribution in [-0.4, -0.2) is 50.2 Å². The zero-order chi connectivity index (χ0) is 21.8. The molecule has 1 aliphatic heterocycles. The maximum Gasteiger partial charge on any atom is 0.259 e. The number of hydrogen-bond acceptors (Lipinski definition) is 6. The Morgan fingerprint density at radius 1 is 1.22 bits per heavy atom. The van der Waals surface area contributed by atoms with Crippen molar-refractivity contribution in [1.29, 1.82) is 0 Å². The summed E-state index contributed by atoms with van der Waals surface area (Å²) in [5.74, 6) is -0.0818. The van der Waals surface area contributed by atoms with Crippen LogP contribution in [0.2, 0.25) is 0 Å². The zero-order valence-electron chi connectivity index (χ0n) is 17.9. The molecule has 32 heavy (non-hydrogen) atoms. The Balaban J connectivity index is 1.32. The van der Waals surface area contributed by atoms with Crippen LogP contribution in [0.3, 0.4) is 0 Å². The van der Waals surface area contributed by atoms with E-state index in [0.717, 1.165) is 47.0 Å². The molecule has 162 valence electrons. The highest BCUT2D eigenvalue weighted by Gasteiger charge is 2.37. The van der Waals surface area contributed by atoms with E-state index in [9.17, 15) is 9.90 Å². The van der Waals surface area contributed by atoms with Crippen LogP contribution in [0.25, 0.3) is 22.0 Å². The summed E-state index contributed by atoms with van der Waals surface area (Å²) in [7, 11) is 0. The Labute approximate surface area is 185 Å². The van der Waals surface area contributed by atoms with Crippen LogP contribution in [0, 0.1) is 12.8 Å². The fourth-order valence-electron chi connectivity index (χ4n) is 5.35. The monoisotopic (exact) mass is 428 g/mol. The Kier molecular flexibility index (Phi) is 4.47. The molecule has 3 aromatic heterocycles. The van der Waals surface area contributed by atoms with E-state index in [-0.39, 0.29) is 11.8 Å². The molecule has 1 N–H and O–H groups in total. The lowest BCUT2D eigenvalue weighted by molar-refractivity contribution is 0.0765. The number of aliphatic hydroxyl groups is 1. The van der Waals surface area contributed by atoms with Crippen LogP contribution in [0.1, 0.15) is 39.3 Å². The van der Waals surface area contributed by atoms with Crippen molar-refractivity contribution in [2.24, 2.45) is 5.92 Å². The van der Waals surface area contributed by atoms with Crippen molar-refractivity contribution in [3.8, 4) is 0 Å². The molecule has 0 spiro atoms. The predicted molar refractivity (Wildman–Crippen MR) is 119 cm³/mol. The van der Waals surface area contributed by atoms with Gasteiger partial charge in [0.15, 0.2) is 0 Å². The normalized spacial score (nSPS) is 20.4. The predicted octanol–water partition coefficient (Wildman–Crippen LogP) is 3.24. The van der Waals surface area contributed by atoms with Gasteiger partial charge < -0.3 is 14.5 Å².